The van der Waals surface area contributed by atoms with E-state index in [-0.39, 0.29) is 12.0 Å². The van der Waals surface area contributed by atoms with Gasteiger partial charge in [0.1, 0.15) is 12.4 Å². The molecule has 1 aromatic rings. The van der Waals surface area contributed by atoms with E-state index in [1.54, 1.807) is 12.1 Å². The van der Waals surface area contributed by atoms with Crippen LogP contribution in [0.3, 0.4) is 0 Å². The van der Waals surface area contributed by atoms with E-state index in [9.17, 15) is 14.0 Å². The molecule has 1 aromatic carbocycles. The quantitative estimate of drug-likeness (QED) is 0.841. The molecule has 0 spiro atoms. The molecule has 0 heterocycles. The Balaban J connectivity index is 2.52. The summed E-state index contributed by atoms with van der Waals surface area (Å²) < 4.78 is 17.6. The molecule has 1 unspecified atom stereocenters. The monoisotopic (exact) mass is 297 g/mol. The zero-order valence-corrected chi connectivity index (χ0v) is 12.4. The van der Waals surface area contributed by atoms with Gasteiger partial charge in [0.05, 0.1) is 0 Å². The molecule has 0 bridgehead atoms. The van der Waals surface area contributed by atoms with Crippen LogP contribution < -0.4 is 10.1 Å². The van der Waals surface area contributed by atoms with E-state index in [0.717, 1.165) is 5.56 Å². The molecular weight excluding hydrogens is 277 g/mol. The van der Waals surface area contributed by atoms with Crippen molar-refractivity contribution >= 4 is 11.9 Å². The summed E-state index contributed by atoms with van der Waals surface area (Å²) in [4.78, 5) is 22.0. The number of amides is 1. The summed E-state index contributed by atoms with van der Waals surface area (Å²) in [5.74, 6) is -1.61. The number of carbonyl (C=O) groups excluding carboxylic acids is 1. The number of carboxylic acid groups (broad SMARTS) is 1. The Kier molecular flexibility index (Phi) is 5.69. The standard InChI is InChI=1S/C15H20FNO4/c1-15(2,3)10-4-6-11(7-5-10)21-9-13(18)17-12(8-16)14(19)20/h4-7,12H,8-9H2,1-3H3,(H,17,18)(H,19,20). The fraction of sp³-hybridized carbons (Fsp3) is 0.467. The molecule has 1 atom stereocenters. The van der Waals surface area contributed by atoms with E-state index in [0.29, 0.717) is 5.75 Å². The Morgan fingerprint density at radius 3 is 2.29 bits per heavy atom. The maximum atomic E-state index is 12.4. The van der Waals surface area contributed by atoms with Crippen molar-refractivity contribution < 1.29 is 23.8 Å². The molecule has 116 valence electrons. The van der Waals surface area contributed by atoms with Crippen LogP contribution in [-0.4, -0.2) is 36.3 Å². The Morgan fingerprint density at radius 2 is 1.86 bits per heavy atom. The van der Waals surface area contributed by atoms with Gasteiger partial charge in [0.25, 0.3) is 5.91 Å². The first-order valence-corrected chi connectivity index (χ1v) is 6.55. The van der Waals surface area contributed by atoms with Crippen molar-refractivity contribution in [3.8, 4) is 5.75 Å². The van der Waals surface area contributed by atoms with Crippen molar-refractivity contribution in [2.75, 3.05) is 13.3 Å². The van der Waals surface area contributed by atoms with E-state index in [2.05, 4.69) is 20.8 Å². The number of carboxylic acids is 1. The van der Waals surface area contributed by atoms with Crippen molar-refractivity contribution in [2.45, 2.75) is 32.2 Å². The van der Waals surface area contributed by atoms with Gasteiger partial charge in [-0.1, -0.05) is 32.9 Å². The zero-order chi connectivity index (χ0) is 16.0. The lowest BCUT2D eigenvalue weighted by molar-refractivity contribution is -0.142. The zero-order valence-electron chi connectivity index (χ0n) is 12.4. The Labute approximate surface area is 123 Å². The number of ether oxygens (including phenoxy) is 1. The van der Waals surface area contributed by atoms with Gasteiger partial charge in [-0.05, 0) is 23.1 Å². The first-order chi connectivity index (χ1) is 9.74. The van der Waals surface area contributed by atoms with Crippen molar-refractivity contribution in [2.24, 2.45) is 0 Å². The second-order valence-electron chi connectivity index (χ2n) is 5.68. The van der Waals surface area contributed by atoms with Gasteiger partial charge in [-0.25, -0.2) is 9.18 Å². The predicted octanol–water partition coefficient (Wildman–Crippen LogP) is 1.90. The highest BCUT2D eigenvalue weighted by Gasteiger charge is 2.19. The lowest BCUT2D eigenvalue weighted by Crippen LogP contribution is -2.44. The lowest BCUT2D eigenvalue weighted by Gasteiger charge is -2.19. The summed E-state index contributed by atoms with van der Waals surface area (Å²) >= 11 is 0. The van der Waals surface area contributed by atoms with Crippen molar-refractivity contribution in [1.82, 2.24) is 5.32 Å². The number of alkyl halides is 1. The fourth-order valence-electron chi connectivity index (χ4n) is 1.60. The van der Waals surface area contributed by atoms with Gasteiger partial charge in [-0.2, -0.15) is 0 Å². The summed E-state index contributed by atoms with van der Waals surface area (Å²) in [5, 5.41) is 10.7. The van der Waals surface area contributed by atoms with Crippen LogP contribution in [0.4, 0.5) is 4.39 Å². The number of hydrogen-bond acceptors (Lipinski definition) is 3. The van der Waals surface area contributed by atoms with Gasteiger partial charge < -0.3 is 15.2 Å². The van der Waals surface area contributed by atoms with Crippen LogP contribution in [0.25, 0.3) is 0 Å². The van der Waals surface area contributed by atoms with E-state index in [1.807, 2.05) is 17.4 Å². The fourth-order valence-corrected chi connectivity index (χ4v) is 1.60. The van der Waals surface area contributed by atoms with Crippen molar-refractivity contribution in [3.63, 3.8) is 0 Å². The molecule has 2 N–H and O–H groups in total. The number of aliphatic carboxylic acids is 1. The van der Waals surface area contributed by atoms with Crippen LogP contribution in [0.15, 0.2) is 24.3 Å². The van der Waals surface area contributed by atoms with E-state index < -0.39 is 24.6 Å². The molecule has 0 saturated carbocycles. The molecule has 21 heavy (non-hydrogen) atoms. The number of carbonyl (C=O) groups is 2. The second kappa shape index (κ2) is 7.06. The van der Waals surface area contributed by atoms with Crippen LogP contribution in [0.1, 0.15) is 26.3 Å². The summed E-state index contributed by atoms with van der Waals surface area (Å²) in [5.41, 5.74) is 1.15. The SMILES string of the molecule is CC(C)(C)c1ccc(OCC(=O)NC(CF)C(=O)O)cc1. The second-order valence-corrected chi connectivity index (χ2v) is 5.68. The number of halogens is 1. The molecular formula is C15H20FNO4. The van der Waals surface area contributed by atoms with Crippen LogP contribution in [0, 0.1) is 0 Å². The van der Waals surface area contributed by atoms with Gasteiger partial charge in [0, 0.05) is 0 Å². The highest BCUT2D eigenvalue weighted by atomic mass is 19.1. The van der Waals surface area contributed by atoms with Crippen molar-refractivity contribution in [3.05, 3.63) is 29.8 Å². The summed E-state index contributed by atoms with van der Waals surface area (Å²) in [6, 6.07) is 5.73. The topological polar surface area (TPSA) is 75.6 Å². The van der Waals surface area contributed by atoms with E-state index in [1.165, 1.54) is 0 Å². The maximum Gasteiger partial charge on any atom is 0.328 e. The minimum atomic E-state index is -1.54. The van der Waals surface area contributed by atoms with E-state index in [4.69, 9.17) is 9.84 Å². The molecule has 0 fully saturated rings. The van der Waals surface area contributed by atoms with Gasteiger partial charge in [0.15, 0.2) is 12.6 Å². The third-order valence-electron chi connectivity index (χ3n) is 2.88. The van der Waals surface area contributed by atoms with Crippen LogP contribution in [0.5, 0.6) is 5.75 Å². The molecule has 0 radical (unpaired) electrons. The van der Waals surface area contributed by atoms with Gasteiger partial charge >= 0.3 is 5.97 Å². The molecule has 0 aliphatic heterocycles. The average molecular weight is 297 g/mol. The summed E-state index contributed by atoms with van der Waals surface area (Å²) in [6.07, 6.45) is 0. The summed E-state index contributed by atoms with van der Waals surface area (Å²) in [7, 11) is 0. The summed E-state index contributed by atoms with van der Waals surface area (Å²) in [6.45, 7) is 4.72. The van der Waals surface area contributed by atoms with Gasteiger partial charge in [0.2, 0.25) is 0 Å². The number of benzene rings is 1. The number of rotatable bonds is 6. The van der Waals surface area contributed by atoms with Crippen LogP contribution in [0.2, 0.25) is 0 Å². The molecule has 1 rings (SSSR count). The number of hydrogen-bond donors (Lipinski definition) is 2. The maximum absolute atomic E-state index is 12.4. The molecule has 1 amide bonds. The predicted molar refractivity (Wildman–Crippen MR) is 76.2 cm³/mol. The average Bonchev–Trinajstić information content (AvgIpc) is 2.41. The molecule has 0 aromatic heterocycles. The highest BCUT2D eigenvalue weighted by molar-refractivity contribution is 5.84. The molecule has 0 saturated heterocycles. The Hall–Kier alpha value is -2.11. The minimum absolute atomic E-state index is 0.0196. The lowest BCUT2D eigenvalue weighted by atomic mass is 9.87. The van der Waals surface area contributed by atoms with Crippen LogP contribution in [-0.2, 0) is 15.0 Å². The Bertz CT molecular complexity index is 493. The van der Waals surface area contributed by atoms with Crippen LogP contribution >= 0.6 is 0 Å². The third kappa shape index (κ3) is 5.41. The largest absolute Gasteiger partial charge is 0.484 e. The first kappa shape index (κ1) is 16.9. The normalized spacial score (nSPS) is 12.6. The molecule has 6 heteroatoms. The molecule has 5 nitrogen and oxygen atoms in total. The first-order valence-electron chi connectivity index (χ1n) is 6.55. The van der Waals surface area contributed by atoms with Crippen molar-refractivity contribution in [1.29, 1.82) is 0 Å². The van der Waals surface area contributed by atoms with Gasteiger partial charge in [-0.15, -0.1) is 0 Å². The highest BCUT2D eigenvalue weighted by Crippen LogP contribution is 2.24. The Morgan fingerprint density at radius 1 is 1.29 bits per heavy atom. The molecule has 0 aliphatic carbocycles. The molecule has 0 aliphatic rings. The minimum Gasteiger partial charge on any atom is -0.484 e. The smallest absolute Gasteiger partial charge is 0.328 e. The third-order valence-corrected chi connectivity index (χ3v) is 2.88. The van der Waals surface area contributed by atoms with Gasteiger partial charge in [-0.3, -0.25) is 4.79 Å². The van der Waals surface area contributed by atoms with E-state index >= 15 is 0 Å². The number of nitrogens with one attached hydrogen (secondary N) is 1.